The molecule has 1 amide bonds. The number of carbonyl (C=O) groups is 3. The number of thiophene rings is 1. The lowest BCUT2D eigenvalue weighted by Crippen LogP contribution is -2.30. The quantitative estimate of drug-likeness (QED) is 0.354. The van der Waals surface area contributed by atoms with Gasteiger partial charge in [0.25, 0.3) is 5.91 Å². The standard InChI is InChI=1S/C26H27NO7S/c1-17-5-3-4-6-20(17)22(9-10-24(28)29)34-23-13-19(33-15-18-11-12-35-16-18)7-8-21(23)26(31)27-14-25(30)32-2/h3-8,11-13,16,22H,9-10,14-15H2,1-2H3,(H,27,31)(H,28,29)/t22-/m0/s1. The summed E-state index contributed by atoms with van der Waals surface area (Å²) in [5.74, 6) is -1.37. The summed E-state index contributed by atoms with van der Waals surface area (Å²) in [5, 5.41) is 15.7. The van der Waals surface area contributed by atoms with Gasteiger partial charge in [0.05, 0.1) is 12.7 Å². The fourth-order valence-electron chi connectivity index (χ4n) is 3.37. The van der Waals surface area contributed by atoms with E-state index in [4.69, 9.17) is 9.47 Å². The highest BCUT2D eigenvalue weighted by Crippen LogP contribution is 2.33. The third-order valence-electron chi connectivity index (χ3n) is 5.23. The molecule has 8 nitrogen and oxygen atoms in total. The molecule has 1 atom stereocenters. The number of hydrogen-bond acceptors (Lipinski definition) is 7. The average Bonchev–Trinajstić information content (AvgIpc) is 3.38. The first-order chi connectivity index (χ1) is 16.9. The van der Waals surface area contributed by atoms with Crippen LogP contribution in [0.3, 0.4) is 0 Å². The van der Waals surface area contributed by atoms with Crippen LogP contribution >= 0.6 is 11.3 Å². The predicted octanol–water partition coefficient (Wildman–Crippen LogP) is 4.52. The van der Waals surface area contributed by atoms with Crippen LogP contribution in [0.2, 0.25) is 0 Å². The molecule has 2 N–H and O–H groups in total. The Balaban J connectivity index is 1.91. The van der Waals surface area contributed by atoms with Crippen molar-refractivity contribution >= 4 is 29.2 Å². The molecule has 9 heteroatoms. The van der Waals surface area contributed by atoms with E-state index in [0.29, 0.717) is 12.4 Å². The zero-order chi connectivity index (χ0) is 25.2. The van der Waals surface area contributed by atoms with Crippen molar-refractivity contribution in [1.29, 1.82) is 0 Å². The predicted molar refractivity (Wildman–Crippen MR) is 131 cm³/mol. The van der Waals surface area contributed by atoms with E-state index < -0.39 is 23.9 Å². The number of carboxylic acid groups (broad SMARTS) is 1. The number of carboxylic acids is 1. The minimum Gasteiger partial charge on any atom is -0.489 e. The van der Waals surface area contributed by atoms with Crippen molar-refractivity contribution in [3.8, 4) is 11.5 Å². The van der Waals surface area contributed by atoms with Crippen LogP contribution in [-0.2, 0) is 20.9 Å². The monoisotopic (exact) mass is 497 g/mol. The number of aliphatic carboxylic acids is 1. The van der Waals surface area contributed by atoms with Crippen molar-refractivity contribution < 1.29 is 33.7 Å². The van der Waals surface area contributed by atoms with Gasteiger partial charge >= 0.3 is 11.9 Å². The molecule has 2 aromatic carbocycles. The minimum absolute atomic E-state index is 0.114. The number of rotatable bonds is 12. The number of aryl methyl sites for hydroxylation is 1. The van der Waals surface area contributed by atoms with Crippen LogP contribution in [0.1, 0.15) is 46.0 Å². The van der Waals surface area contributed by atoms with Crippen molar-refractivity contribution in [3.05, 3.63) is 81.5 Å². The summed E-state index contributed by atoms with van der Waals surface area (Å²) < 4.78 is 16.7. The number of nitrogens with one attached hydrogen (secondary N) is 1. The van der Waals surface area contributed by atoms with Crippen LogP contribution in [0.25, 0.3) is 0 Å². The molecule has 3 aromatic rings. The van der Waals surface area contributed by atoms with Gasteiger partial charge in [0.2, 0.25) is 0 Å². The van der Waals surface area contributed by atoms with E-state index in [9.17, 15) is 19.5 Å². The molecule has 184 valence electrons. The molecule has 3 rings (SSSR count). The number of amides is 1. The smallest absolute Gasteiger partial charge is 0.325 e. The zero-order valence-corrected chi connectivity index (χ0v) is 20.3. The zero-order valence-electron chi connectivity index (χ0n) is 19.5. The summed E-state index contributed by atoms with van der Waals surface area (Å²) in [6.07, 6.45) is -0.535. The van der Waals surface area contributed by atoms with Crippen molar-refractivity contribution in [1.82, 2.24) is 5.32 Å². The normalized spacial score (nSPS) is 11.4. The lowest BCUT2D eigenvalue weighted by Gasteiger charge is -2.23. The van der Waals surface area contributed by atoms with Crippen LogP contribution < -0.4 is 14.8 Å². The fourth-order valence-corrected chi connectivity index (χ4v) is 4.03. The van der Waals surface area contributed by atoms with Crippen molar-refractivity contribution in [2.45, 2.75) is 32.5 Å². The average molecular weight is 498 g/mol. The number of esters is 1. The Bertz CT molecular complexity index is 1160. The summed E-state index contributed by atoms with van der Waals surface area (Å²) >= 11 is 1.57. The van der Waals surface area contributed by atoms with Gasteiger partial charge in [-0.1, -0.05) is 24.3 Å². The van der Waals surface area contributed by atoms with Crippen LogP contribution in [0.5, 0.6) is 11.5 Å². The van der Waals surface area contributed by atoms with E-state index in [2.05, 4.69) is 10.1 Å². The highest BCUT2D eigenvalue weighted by molar-refractivity contribution is 7.07. The third-order valence-corrected chi connectivity index (χ3v) is 5.96. The molecule has 0 unspecified atom stereocenters. The van der Waals surface area contributed by atoms with Crippen LogP contribution in [0, 0.1) is 6.92 Å². The molecule has 0 saturated heterocycles. The van der Waals surface area contributed by atoms with Crippen molar-refractivity contribution in [2.75, 3.05) is 13.7 Å². The number of methoxy groups -OCH3 is 1. The molecule has 0 radical (unpaired) electrons. The summed E-state index contributed by atoms with van der Waals surface area (Å²) in [4.78, 5) is 35.6. The lowest BCUT2D eigenvalue weighted by molar-refractivity contribution is -0.139. The van der Waals surface area contributed by atoms with Gasteiger partial charge < -0.3 is 24.6 Å². The summed E-state index contributed by atoms with van der Waals surface area (Å²) in [7, 11) is 1.23. The number of hydrogen-bond donors (Lipinski definition) is 2. The first-order valence-electron chi connectivity index (χ1n) is 10.9. The van der Waals surface area contributed by atoms with Gasteiger partial charge in [-0.25, -0.2) is 0 Å². The molecule has 0 saturated carbocycles. The van der Waals surface area contributed by atoms with E-state index in [0.717, 1.165) is 16.7 Å². The maximum Gasteiger partial charge on any atom is 0.325 e. The SMILES string of the molecule is COC(=O)CNC(=O)c1ccc(OCc2ccsc2)cc1O[C@@H](CCC(=O)O)c1ccccc1C. The molecule has 0 bridgehead atoms. The van der Waals surface area contributed by atoms with Gasteiger partial charge in [0.1, 0.15) is 30.8 Å². The summed E-state index contributed by atoms with van der Waals surface area (Å²) in [5.41, 5.74) is 2.95. The van der Waals surface area contributed by atoms with E-state index in [-0.39, 0.29) is 30.7 Å². The molecular formula is C26H27NO7S. The van der Waals surface area contributed by atoms with E-state index in [1.165, 1.54) is 7.11 Å². The van der Waals surface area contributed by atoms with E-state index >= 15 is 0 Å². The first-order valence-corrected chi connectivity index (χ1v) is 11.9. The highest BCUT2D eigenvalue weighted by atomic mass is 32.1. The van der Waals surface area contributed by atoms with Gasteiger partial charge in [0, 0.05) is 12.5 Å². The van der Waals surface area contributed by atoms with Crippen LogP contribution in [0.4, 0.5) is 0 Å². The van der Waals surface area contributed by atoms with Gasteiger partial charge in [-0.05, 0) is 59.0 Å². The molecule has 0 fully saturated rings. The Labute approximate surface area is 207 Å². The maximum absolute atomic E-state index is 12.9. The second kappa shape index (κ2) is 12.6. The van der Waals surface area contributed by atoms with E-state index in [1.807, 2.05) is 48.0 Å². The Hall–Kier alpha value is -3.85. The molecule has 0 aliphatic heterocycles. The van der Waals surface area contributed by atoms with Crippen molar-refractivity contribution in [3.63, 3.8) is 0 Å². The second-order valence-corrected chi connectivity index (χ2v) is 8.51. The Morgan fingerprint density at radius 3 is 2.60 bits per heavy atom. The van der Waals surface area contributed by atoms with Gasteiger partial charge in [-0.15, -0.1) is 0 Å². The highest BCUT2D eigenvalue weighted by Gasteiger charge is 2.22. The topological polar surface area (TPSA) is 111 Å². The fraction of sp³-hybridized carbons (Fsp3) is 0.269. The number of benzene rings is 2. The first kappa shape index (κ1) is 25.8. The second-order valence-electron chi connectivity index (χ2n) is 7.73. The van der Waals surface area contributed by atoms with Gasteiger partial charge in [-0.2, -0.15) is 11.3 Å². The molecule has 1 heterocycles. The van der Waals surface area contributed by atoms with Crippen LogP contribution in [0.15, 0.2) is 59.3 Å². The van der Waals surface area contributed by atoms with Gasteiger partial charge in [0.15, 0.2) is 0 Å². The van der Waals surface area contributed by atoms with Gasteiger partial charge in [-0.3, -0.25) is 14.4 Å². The molecule has 0 aliphatic rings. The Kier molecular flexibility index (Phi) is 9.25. The molecule has 0 spiro atoms. The number of ether oxygens (including phenoxy) is 3. The Morgan fingerprint density at radius 1 is 1.11 bits per heavy atom. The molecule has 1 aromatic heterocycles. The lowest BCUT2D eigenvalue weighted by atomic mass is 9.99. The van der Waals surface area contributed by atoms with E-state index in [1.54, 1.807) is 29.5 Å². The molecule has 35 heavy (non-hydrogen) atoms. The Morgan fingerprint density at radius 2 is 1.91 bits per heavy atom. The maximum atomic E-state index is 12.9. The van der Waals surface area contributed by atoms with Crippen LogP contribution in [-0.4, -0.2) is 36.6 Å². The summed E-state index contributed by atoms with van der Waals surface area (Å²) in [6.45, 7) is 1.96. The summed E-state index contributed by atoms with van der Waals surface area (Å²) in [6, 6.07) is 14.3. The van der Waals surface area contributed by atoms with Crippen molar-refractivity contribution in [2.24, 2.45) is 0 Å². The largest absolute Gasteiger partial charge is 0.489 e. The third kappa shape index (κ3) is 7.58. The molecule has 0 aliphatic carbocycles. The number of carbonyl (C=O) groups excluding carboxylic acids is 2. The minimum atomic E-state index is -0.948. The molecular weight excluding hydrogens is 470 g/mol.